The van der Waals surface area contributed by atoms with Gasteiger partial charge in [-0.2, -0.15) is 0 Å². The first kappa shape index (κ1) is 25.9. The minimum atomic E-state index is 0.135. The average Bonchev–Trinajstić information content (AvgIpc) is 2.89. The number of nitrogens with zero attached hydrogens (tertiary/aromatic N) is 3. The van der Waals surface area contributed by atoms with Gasteiger partial charge < -0.3 is 4.90 Å². The average molecular weight is 513 g/mol. The van der Waals surface area contributed by atoms with E-state index in [1.807, 2.05) is 41.3 Å². The van der Waals surface area contributed by atoms with Gasteiger partial charge in [0.05, 0.1) is 15.6 Å². The van der Waals surface area contributed by atoms with Crippen molar-refractivity contribution in [2.75, 3.05) is 26.2 Å². The van der Waals surface area contributed by atoms with Crippen LogP contribution in [0.2, 0.25) is 0 Å². The van der Waals surface area contributed by atoms with E-state index in [4.69, 9.17) is 23.2 Å². The summed E-state index contributed by atoms with van der Waals surface area (Å²) in [5, 5.41) is 2.17. The second kappa shape index (κ2) is 12.2. The third-order valence-electron chi connectivity index (χ3n) is 7.59. The number of fused-ring (bicyclic) bond motifs is 1. The third-order valence-corrected chi connectivity index (χ3v) is 8.37. The topological polar surface area (TPSA) is 36.4 Å². The largest absolute Gasteiger partial charge is 0.339 e. The van der Waals surface area contributed by atoms with Gasteiger partial charge in [0.25, 0.3) is 5.91 Å². The smallest absolute Gasteiger partial charge is 0.253 e. The van der Waals surface area contributed by atoms with Gasteiger partial charge in [-0.15, -0.1) is 0 Å². The van der Waals surface area contributed by atoms with E-state index in [-0.39, 0.29) is 5.91 Å². The summed E-state index contributed by atoms with van der Waals surface area (Å²) < 4.78 is 0. The van der Waals surface area contributed by atoms with Gasteiger partial charge in [0.2, 0.25) is 0 Å². The molecule has 6 heteroatoms. The number of carbonyl (C=O) groups is 1. The van der Waals surface area contributed by atoms with E-state index in [1.54, 1.807) is 18.3 Å². The van der Waals surface area contributed by atoms with Gasteiger partial charge in [-0.25, -0.2) is 0 Å². The lowest BCUT2D eigenvalue weighted by Crippen LogP contribution is -2.50. The SMILES string of the molecule is C=C/C=C(Cl)\C(Cl)=C/CCC1CCN(C2CCN(C(=O)c3ccc4ncccc4c3)CC2)CC1C. The molecule has 4 nitrogen and oxygen atoms in total. The first-order valence-electron chi connectivity index (χ1n) is 12.7. The van der Waals surface area contributed by atoms with Gasteiger partial charge in [0.15, 0.2) is 0 Å². The molecule has 1 aromatic carbocycles. The van der Waals surface area contributed by atoms with Gasteiger partial charge in [-0.05, 0) is 80.8 Å². The normalized spacial score (nSPS) is 23.0. The third kappa shape index (κ3) is 6.55. The lowest BCUT2D eigenvalue weighted by molar-refractivity contribution is 0.0424. The molecule has 2 aliphatic heterocycles. The first-order valence-corrected chi connectivity index (χ1v) is 13.4. The van der Waals surface area contributed by atoms with Crippen molar-refractivity contribution < 1.29 is 4.79 Å². The van der Waals surface area contributed by atoms with Crippen molar-refractivity contribution in [3.05, 3.63) is 77.0 Å². The van der Waals surface area contributed by atoms with Crippen molar-refractivity contribution in [2.45, 2.75) is 45.1 Å². The molecule has 0 saturated carbocycles. The van der Waals surface area contributed by atoms with Crippen LogP contribution in [0.5, 0.6) is 0 Å². The molecule has 2 aromatic rings. The quantitative estimate of drug-likeness (QED) is 0.375. The van der Waals surface area contributed by atoms with E-state index in [0.717, 1.165) is 68.3 Å². The van der Waals surface area contributed by atoms with E-state index in [2.05, 4.69) is 23.4 Å². The Balaban J connectivity index is 1.25. The maximum absolute atomic E-state index is 13.1. The Morgan fingerprint density at radius 3 is 2.69 bits per heavy atom. The van der Waals surface area contributed by atoms with Gasteiger partial charge in [-0.1, -0.05) is 54.9 Å². The number of piperidine rings is 2. The van der Waals surface area contributed by atoms with Crippen molar-refractivity contribution in [1.82, 2.24) is 14.8 Å². The standard InChI is InChI=1S/C29H35Cl2N3O/c1-3-6-26(30)27(31)9-4-7-22-12-16-34(20-21(22)2)25-13-17-33(18-14-25)29(35)24-10-11-28-23(19-24)8-5-15-32-28/h3,5-6,8-11,15,19,21-22,25H,1,4,7,12-14,16-18,20H2,2H3/b26-6+,27-9+. The zero-order chi connectivity index (χ0) is 24.8. The van der Waals surface area contributed by atoms with E-state index in [0.29, 0.717) is 27.9 Å². The molecule has 1 aromatic heterocycles. The summed E-state index contributed by atoms with van der Waals surface area (Å²) >= 11 is 12.4. The maximum atomic E-state index is 13.1. The molecule has 0 bridgehead atoms. The summed E-state index contributed by atoms with van der Waals surface area (Å²) in [6, 6.07) is 10.3. The number of amides is 1. The van der Waals surface area contributed by atoms with E-state index in [9.17, 15) is 4.79 Å². The number of aromatic nitrogens is 1. The van der Waals surface area contributed by atoms with Crippen LogP contribution in [0.15, 0.2) is 71.4 Å². The van der Waals surface area contributed by atoms with Crippen LogP contribution in [0.3, 0.4) is 0 Å². The predicted molar refractivity (Wildman–Crippen MR) is 147 cm³/mol. The van der Waals surface area contributed by atoms with E-state index < -0.39 is 0 Å². The number of rotatable bonds is 7. The summed E-state index contributed by atoms with van der Waals surface area (Å²) in [6.45, 7) is 9.95. The molecule has 0 N–H and O–H groups in total. The monoisotopic (exact) mass is 511 g/mol. The second-order valence-corrected chi connectivity index (χ2v) is 10.6. The molecule has 2 unspecified atom stereocenters. The number of halogens is 2. The molecular formula is C29H35Cl2N3O. The Bertz CT molecular complexity index is 1100. The molecule has 0 aliphatic carbocycles. The molecule has 0 spiro atoms. The van der Waals surface area contributed by atoms with Crippen LogP contribution >= 0.6 is 23.2 Å². The van der Waals surface area contributed by atoms with Crippen LogP contribution in [0.25, 0.3) is 10.9 Å². The molecule has 3 heterocycles. The summed E-state index contributed by atoms with van der Waals surface area (Å²) in [6.07, 6.45) is 12.6. The van der Waals surface area contributed by atoms with E-state index >= 15 is 0 Å². The summed E-state index contributed by atoms with van der Waals surface area (Å²) in [4.78, 5) is 22.1. The van der Waals surface area contributed by atoms with Gasteiger partial charge in [0, 0.05) is 42.8 Å². The molecule has 2 aliphatic rings. The van der Waals surface area contributed by atoms with Gasteiger partial charge >= 0.3 is 0 Å². The van der Waals surface area contributed by atoms with Crippen LogP contribution < -0.4 is 0 Å². The molecule has 186 valence electrons. The highest BCUT2D eigenvalue weighted by molar-refractivity contribution is 6.43. The van der Waals surface area contributed by atoms with Crippen LogP contribution in [0.1, 0.15) is 49.4 Å². The number of hydrogen-bond acceptors (Lipinski definition) is 3. The van der Waals surface area contributed by atoms with Crippen molar-refractivity contribution >= 4 is 40.0 Å². The highest BCUT2D eigenvalue weighted by Crippen LogP contribution is 2.31. The van der Waals surface area contributed by atoms with Crippen LogP contribution in [0, 0.1) is 11.8 Å². The number of pyridine rings is 1. The lowest BCUT2D eigenvalue weighted by Gasteiger charge is -2.44. The van der Waals surface area contributed by atoms with Crippen molar-refractivity contribution in [2.24, 2.45) is 11.8 Å². The van der Waals surface area contributed by atoms with Crippen molar-refractivity contribution in [3.63, 3.8) is 0 Å². The first-order chi connectivity index (χ1) is 17.0. The number of benzene rings is 1. The van der Waals surface area contributed by atoms with Crippen molar-refractivity contribution in [3.8, 4) is 0 Å². The predicted octanol–water partition coefficient (Wildman–Crippen LogP) is 7.01. The lowest BCUT2D eigenvalue weighted by atomic mass is 9.82. The summed E-state index contributed by atoms with van der Waals surface area (Å²) in [5.41, 5.74) is 1.68. The second-order valence-electron chi connectivity index (χ2n) is 9.83. The highest BCUT2D eigenvalue weighted by Gasteiger charge is 2.32. The molecule has 2 fully saturated rings. The summed E-state index contributed by atoms with van der Waals surface area (Å²) in [5.74, 6) is 1.50. The van der Waals surface area contributed by atoms with E-state index in [1.165, 1.54) is 6.42 Å². The molecule has 35 heavy (non-hydrogen) atoms. The fourth-order valence-electron chi connectivity index (χ4n) is 5.52. The number of carbonyl (C=O) groups excluding carboxylic acids is 1. The van der Waals surface area contributed by atoms with Crippen LogP contribution in [-0.4, -0.2) is 52.9 Å². The minimum Gasteiger partial charge on any atom is -0.339 e. The Labute approximate surface area is 219 Å². The van der Waals surface area contributed by atoms with Crippen molar-refractivity contribution in [1.29, 1.82) is 0 Å². The fraction of sp³-hybridized carbons (Fsp3) is 0.448. The van der Waals surface area contributed by atoms with Gasteiger partial charge in [-0.3, -0.25) is 14.7 Å². The van der Waals surface area contributed by atoms with Crippen LogP contribution in [0.4, 0.5) is 0 Å². The molecular weight excluding hydrogens is 477 g/mol. The number of allylic oxidation sites excluding steroid dienone is 5. The summed E-state index contributed by atoms with van der Waals surface area (Å²) in [7, 11) is 0. The zero-order valence-electron chi connectivity index (χ0n) is 20.5. The fourth-order valence-corrected chi connectivity index (χ4v) is 5.86. The molecule has 4 rings (SSSR count). The number of hydrogen-bond donors (Lipinski definition) is 0. The minimum absolute atomic E-state index is 0.135. The highest BCUT2D eigenvalue weighted by atomic mass is 35.5. The Morgan fingerprint density at radius 1 is 1.14 bits per heavy atom. The molecule has 2 atom stereocenters. The van der Waals surface area contributed by atoms with Gasteiger partial charge in [0.1, 0.15) is 0 Å². The zero-order valence-corrected chi connectivity index (χ0v) is 22.0. The number of likely N-dealkylation sites (tertiary alicyclic amines) is 2. The molecule has 1 amide bonds. The Morgan fingerprint density at radius 2 is 1.94 bits per heavy atom. The Kier molecular flexibility index (Phi) is 9.04. The van der Waals surface area contributed by atoms with Crippen LogP contribution in [-0.2, 0) is 0 Å². The molecule has 2 saturated heterocycles. The maximum Gasteiger partial charge on any atom is 0.253 e. The Hall–Kier alpha value is -2.14. The molecule has 0 radical (unpaired) electrons.